The van der Waals surface area contributed by atoms with Gasteiger partial charge < -0.3 is 5.73 Å². The number of rotatable bonds is 2. The Kier molecular flexibility index (Phi) is 2.88. The van der Waals surface area contributed by atoms with Crippen molar-refractivity contribution in [1.82, 2.24) is 4.98 Å². The van der Waals surface area contributed by atoms with Crippen molar-refractivity contribution in [2.75, 3.05) is 0 Å². The van der Waals surface area contributed by atoms with Crippen LogP contribution < -0.4 is 5.73 Å². The van der Waals surface area contributed by atoms with Gasteiger partial charge in [-0.3, -0.25) is 9.78 Å². The number of pyridine rings is 1. The zero-order valence-electron chi connectivity index (χ0n) is 8.35. The maximum Gasteiger partial charge on any atom is 0.250 e. The number of primary amides is 1. The van der Waals surface area contributed by atoms with Crippen molar-refractivity contribution < 1.29 is 4.79 Å². The van der Waals surface area contributed by atoms with Crippen molar-refractivity contribution in [3.8, 4) is 11.3 Å². The first-order chi connectivity index (χ1) is 7.68. The number of nitrogens with two attached hydrogens (primary N) is 1. The van der Waals surface area contributed by atoms with Crippen LogP contribution in [0.4, 0.5) is 0 Å². The molecule has 1 aromatic carbocycles. The molecule has 0 spiro atoms. The lowest BCUT2D eigenvalue weighted by Crippen LogP contribution is -2.10. The van der Waals surface area contributed by atoms with E-state index in [-0.39, 0.29) is 0 Å². The lowest BCUT2D eigenvalue weighted by atomic mass is 10.1. The molecule has 2 aromatic rings. The van der Waals surface area contributed by atoms with Crippen LogP contribution in [0.25, 0.3) is 11.3 Å². The fraction of sp³-hybridized carbons (Fsp3) is 0. The lowest BCUT2D eigenvalue weighted by Gasteiger charge is -2.03. The van der Waals surface area contributed by atoms with Gasteiger partial charge in [-0.2, -0.15) is 0 Å². The van der Waals surface area contributed by atoms with Crippen molar-refractivity contribution in [3.63, 3.8) is 0 Å². The molecule has 3 nitrogen and oxygen atoms in total. The summed E-state index contributed by atoms with van der Waals surface area (Å²) in [7, 11) is 0. The highest BCUT2D eigenvalue weighted by molar-refractivity contribution is 6.33. The number of aromatic nitrogens is 1. The number of benzene rings is 1. The van der Waals surface area contributed by atoms with E-state index >= 15 is 0 Å². The number of amides is 1. The maximum absolute atomic E-state index is 10.9. The maximum atomic E-state index is 10.9. The molecule has 2 N–H and O–H groups in total. The molecule has 1 heterocycles. The zero-order valence-corrected chi connectivity index (χ0v) is 9.11. The first-order valence-corrected chi connectivity index (χ1v) is 5.07. The fourth-order valence-electron chi connectivity index (χ4n) is 1.37. The number of carbonyl (C=O) groups excluding carboxylic acids is 1. The molecule has 2 rings (SSSR count). The normalized spacial score (nSPS) is 10.1. The summed E-state index contributed by atoms with van der Waals surface area (Å²) in [6.07, 6.45) is 1.45. The van der Waals surface area contributed by atoms with Crippen molar-refractivity contribution in [3.05, 3.63) is 53.2 Å². The molecule has 0 aliphatic carbocycles. The SMILES string of the molecule is NC(=O)c1ccc(-c2ccccc2Cl)nc1. The molecule has 0 aliphatic rings. The first kappa shape index (κ1) is 10.6. The van der Waals surface area contributed by atoms with Crippen LogP contribution in [0.2, 0.25) is 5.02 Å². The Morgan fingerprint density at radius 2 is 1.94 bits per heavy atom. The van der Waals surface area contributed by atoms with Gasteiger partial charge in [0.25, 0.3) is 0 Å². The predicted octanol–water partition coefficient (Wildman–Crippen LogP) is 2.50. The summed E-state index contributed by atoms with van der Waals surface area (Å²) < 4.78 is 0. The van der Waals surface area contributed by atoms with E-state index in [0.717, 1.165) is 11.3 Å². The van der Waals surface area contributed by atoms with E-state index in [1.54, 1.807) is 18.2 Å². The van der Waals surface area contributed by atoms with Gasteiger partial charge in [0.15, 0.2) is 0 Å². The standard InChI is InChI=1S/C12H9ClN2O/c13-10-4-2-1-3-9(10)11-6-5-8(7-15-11)12(14)16/h1-7H,(H2,14,16). The molecule has 0 radical (unpaired) electrons. The molecule has 80 valence electrons. The largest absolute Gasteiger partial charge is 0.366 e. The van der Waals surface area contributed by atoms with Gasteiger partial charge in [-0.25, -0.2) is 0 Å². The summed E-state index contributed by atoms with van der Waals surface area (Å²) in [4.78, 5) is 15.0. The summed E-state index contributed by atoms with van der Waals surface area (Å²) in [5, 5.41) is 0.627. The highest BCUT2D eigenvalue weighted by Gasteiger charge is 2.05. The van der Waals surface area contributed by atoms with E-state index in [1.165, 1.54) is 6.20 Å². The van der Waals surface area contributed by atoms with Gasteiger partial charge in [0, 0.05) is 16.8 Å². The number of nitrogens with zero attached hydrogens (tertiary/aromatic N) is 1. The minimum atomic E-state index is -0.488. The average Bonchev–Trinajstić information content (AvgIpc) is 2.30. The molecule has 1 amide bonds. The van der Waals surface area contributed by atoms with Crippen LogP contribution >= 0.6 is 11.6 Å². The second kappa shape index (κ2) is 4.33. The summed E-state index contributed by atoms with van der Waals surface area (Å²) in [6, 6.07) is 10.7. The Hall–Kier alpha value is -1.87. The highest BCUT2D eigenvalue weighted by atomic mass is 35.5. The molecule has 0 bridgehead atoms. The Balaban J connectivity index is 2.43. The zero-order chi connectivity index (χ0) is 11.5. The summed E-state index contributed by atoms with van der Waals surface area (Å²) in [6.45, 7) is 0. The van der Waals surface area contributed by atoms with Gasteiger partial charge in [-0.1, -0.05) is 29.8 Å². The number of hydrogen-bond acceptors (Lipinski definition) is 2. The van der Waals surface area contributed by atoms with E-state index in [1.807, 2.05) is 18.2 Å². The highest BCUT2D eigenvalue weighted by Crippen LogP contribution is 2.25. The van der Waals surface area contributed by atoms with Gasteiger partial charge >= 0.3 is 0 Å². The Labute approximate surface area is 97.9 Å². The topological polar surface area (TPSA) is 56.0 Å². The molecule has 1 aromatic heterocycles. The Bertz CT molecular complexity index is 523. The average molecular weight is 233 g/mol. The van der Waals surface area contributed by atoms with E-state index < -0.39 is 5.91 Å². The smallest absolute Gasteiger partial charge is 0.250 e. The van der Waals surface area contributed by atoms with Crippen molar-refractivity contribution in [2.24, 2.45) is 5.73 Å². The second-order valence-electron chi connectivity index (χ2n) is 3.28. The van der Waals surface area contributed by atoms with Gasteiger partial charge in [0.2, 0.25) is 5.91 Å². The Morgan fingerprint density at radius 1 is 1.19 bits per heavy atom. The van der Waals surface area contributed by atoms with Gasteiger partial charge in [0.05, 0.1) is 11.3 Å². The molecular weight excluding hydrogens is 224 g/mol. The quantitative estimate of drug-likeness (QED) is 0.865. The minimum Gasteiger partial charge on any atom is -0.366 e. The molecule has 0 saturated carbocycles. The molecule has 0 atom stereocenters. The molecule has 0 saturated heterocycles. The van der Waals surface area contributed by atoms with Crippen molar-refractivity contribution >= 4 is 17.5 Å². The number of carbonyl (C=O) groups is 1. The van der Waals surface area contributed by atoms with Crippen LogP contribution in [0.5, 0.6) is 0 Å². The number of hydrogen-bond donors (Lipinski definition) is 1. The lowest BCUT2D eigenvalue weighted by molar-refractivity contribution is 0.1000. The first-order valence-electron chi connectivity index (χ1n) is 4.69. The van der Waals surface area contributed by atoms with Crippen molar-refractivity contribution in [2.45, 2.75) is 0 Å². The van der Waals surface area contributed by atoms with Gasteiger partial charge in [-0.05, 0) is 18.2 Å². The molecule has 0 unspecified atom stereocenters. The number of halogens is 1. The summed E-state index contributed by atoms with van der Waals surface area (Å²) >= 11 is 6.03. The molecule has 16 heavy (non-hydrogen) atoms. The van der Waals surface area contributed by atoms with Gasteiger partial charge in [-0.15, -0.1) is 0 Å². The van der Waals surface area contributed by atoms with E-state index in [4.69, 9.17) is 17.3 Å². The van der Waals surface area contributed by atoms with Crippen LogP contribution in [-0.4, -0.2) is 10.9 Å². The molecule has 0 aliphatic heterocycles. The van der Waals surface area contributed by atoms with Crippen LogP contribution in [0, 0.1) is 0 Å². The predicted molar refractivity (Wildman–Crippen MR) is 63.2 cm³/mol. The third-order valence-electron chi connectivity index (χ3n) is 2.20. The van der Waals surface area contributed by atoms with Crippen molar-refractivity contribution in [1.29, 1.82) is 0 Å². The summed E-state index contributed by atoms with van der Waals surface area (Å²) in [5.41, 5.74) is 7.06. The Morgan fingerprint density at radius 3 is 2.50 bits per heavy atom. The molecule has 4 heteroatoms. The second-order valence-corrected chi connectivity index (χ2v) is 3.68. The van der Waals surface area contributed by atoms with Crippen LogP contribution in [0.15, 0.2) is 42.6 Å². The monoisotopic (exact) mass is 232 g/mol. The minimum absolute atomic E-state index is 0.385. The van der Waals surface area contributed by atoms with Crippen LogP contribution in [0.3, 0.4) is 0 Å². The third kappa shape index (κ3) is 2.04. The molecular formula is C12H9ClN2O. The van der Waals surface area contributed by atoms with Crippen LogP contribution in [-0.2, 0) is 0 Å². The summed E-state index contributed by atoms with van der Waals surface area (Å²) in [5.74, 6) is -0.488. The fourth-order valence-corrected chi connectivity index (χ4v) is 1.60. The molecule has 0 fully saturated rings. The van der Waals surface area contributed by atoms with Crippen LogP contribution in [0.1, 0.15) is 10.4 Å². The van der Waals surface area contributed by atoms with E-state index in [9.17, 15) is 4.79 Å². The van der Waals surface area contributed by atoms with E-state index in [2.05, 4.69) is 4.98 Å². The van der Waals surface area contributed by atoms with E-state index in [0.29, 0.717) is 10.6 Å². The van der Waals surface area contributed by atoms with Gasteiger partial charge in [0.1, 0.15) is 0 Å². The third-order valence-corrected chi connectivity index (χ3v) is 2.53.